The first kappa shape index (κ1) is 17.3. The molecular formula is C15H15Cl2N3O3. The number of aryl methyl sites for hydroxylation is 1. The summed E-state index contributed by atoms with van der Waals surface area (Å²) in [5.41, 5.74) is -1.07. The average molecular weight is 356 g/mol. The molecule has 122 valence electrons. The van der Waals surface area contributed by atoms with Gasteiger partial charge in [-0.25, -0.2) is 4.79 Å². The van der Waals surface area contributed by atoms with E-state index >= 15 is 0 Å². The maximum atomic E-state index is 12.5. The molecule has 1 amide bonds. The van der Waals surface area contributed by atoms with Crippen LogP contribution in [0.25, 0.3) is 0 Å². The number of carboxylic acid groups (broad SMARTS) is 1. The zero-order valence-electron chi connectivity index (χ0n) is 12.5. The van der Waals surface area contributed by atoms with Crippen molar-refractivity contribution in [2.45, 2.75) is 18.9 Å². The molecule has 1 heterocycles. The van der Waals surface area contributed by atoms with Crippen LogP contribution in [0.3, 0.4) is 0 Å². The molecule has 1 atom stereocenters. The van der Waals surface area contributed by atoms with Gasteiger partial charge in [0.05, 0.1) is 11.2 Å². The van der Waals surface area contributed by atoms with E-state index in [0.29, 0.717) is 10.6 Å². The summed E-state index contributed by atoms with van der Waals surface area (Å²) in [7, 11) is 1.55. The quantitative estimate of drug-likeness (QED) is 0.863. The topological polar surface area (TPSA) is 84.2 Å². The molecule has 0 saturated carbocycles. The molecule has 0 fully saturated rings. The lowest BCUT2D eigenvalue weighted by Crippen LogP contribution is -2.51. The van der Waals surface area contributed by atoms with Crippen LogP contribution in [0, 0.1) is 0 Å². The molecule has 0 spiro atoms. The van der Waals surface area contributed by atoms with Crippen molar-refractivity contribution in [2.75, 3.05) is 0 Å². The first-order valence-corrected chi connectivity index (χ1v) is 7.57. The zero-order chi connectivity index (χ0) is 17.2. The monoisotopic (exact) mass is 355 g/mol. The third-order valence-electron chi connectivity index (χ3n) is 3.67. The van der Waals surface area contributed by atoms with E-state index in [1.165, 1.54) is 10.9 Å². The Morgan fingerprint density at radius 3 is 2.35 bits per heavy atom. The Kier molecular flexibility index (Phi) is 4.97. The number of aliphatic carboxylic acids is 1. The van der Waals surface area contributed by atoms with Crippen molar-refractivity contribution in [3.8, 4) is 0 Å². The SMILES string of the molecule is CCC(NC(=O)c1c(Cl)cnn1C)(C(=O)O)c1ccc(Cl)cc1. The highest BCUT2D eigenvalue weighted by Crippen LogP contribution is 2.28. The third-order valence-corrected chi connectivity index (χ3v) is 4.20. The minimum atomic E-state index is -1.59. The smallest absolute Gasteiger partial charge is 0.334 e. The van der Waals surface area contributed by atoms with Crippen molar-refractivity contribution < 1.29 is 14.7 Å². The molecule has 0 saturated heterocycles. The molecule has 2 N–H and O–H groups in total. The predicted molar refractivity (Wildman–Crippen MR) is 86.7 cm³/mol. The fourth-order valence-corrected chi connectivity index (χ4v) is 2.72. The number of amides is 1. The molecule has 1 aromatic carbocycles. The van der Waals surface area contributed by atoms with Crippen LogP contribution in [0.15, 0.2) is 30.5 Å². The minimum absolute atomic E-state index is 0.0969. The standard InChI is InChI=1S/C15H15Cl2N3O3/c1-3-15(14(22)23,9-4-6-10(16)7-5-9)19-13(21)12-11(17)8-18-20(12)2/h4-8H,3H2,1-2H3,(H,19,21)(H,22,23). The number of hydrogen-bond donors (Lipinski definition) is 2. The van der Waals surface area contributed by atoms with Crippen LogP contribution >= 0.6 is 23.2 Å². The summed E-state index contributed by atoms with van der Waals surface area (Å²) < 4.78 is 1.29. The summed E-state index contributed by atoms with van der Waals surface area (Å²) in [4.78, 5) is 24.4. The number of nitrogens with one attached hydrogen (secondary N) is 1. The molecule has 0 aliphatic heterocycles. The number of aromatic nitrogens is 2. The summed E-state index contributed by atoms with van der Waals surface area (Å²) in [6, 6.07) is 6.30. The van der Waals surface area contributed by atoms with Crippen molar-refractivity contribution in [1.29, 1.82) is 0 Å². The summed E-state index contributed by atoms with van der Waals surface area (Å²) in [5.74, 6) is -1.79. The van der Waals surface area contributed by atoms with Crippen LogP contribution < -0.4 is 5.32 Å². The second-order valence-corrected chi connectivity index (χ2v) is 5.83. The van der Waals surface area contributed by atoms with Gasteiger partial charge in [0, 0.05) is 12.1 Å². The van der Waals surface area contributed by atoms with Gasteiger partial charge in [0.15, 0.2) is 5.54 Å². The van der Waals surface area contributed by atoms with Gasteiger partial charge in [0.25, 0.3) is 5.91 Å². The molecule has 1 aromatic heterocycles. The molecular weight excluding hydrogens is 341 g/mol. The Bertz CT molecular complexity index is 723. The lowest BCUT2D eigenvalue weighted by molar-refractivity contribution is -0.145. The zero-order valence-corrected chi connectivity index (χ0v) is 14.0. The van der Waals surface area contributed by atoms with E-state index in [4.69, 9.17) is 23.2 Å². The second-order valence-electron chi connectivity index (χ2n) is 4.99. The minimum Gasteiger partial charge on any atom is -0.479 e. The Labute approximate surface area is 143 Å². The average Bonchev–Trinajstić information content (AvgIpc) is 2.84. The number of rotatable bonds is 5. The number of carboxylic acids is 1. The van der Waals surface area contributed by atoms with E-state index in [0.717, 1.165) is 0 Å². The number of hydrogen-bond acceptors (Lipinski definition) is 3. The third kappa shape index (κ3) is 3.18. The van der Waals surface area contributed by atoms with E-state index in [-0.39, 0.29) is 17.1 Å². The summed E-state index contributed by atoms with van der Waals surface area (Å²) in [5, 5.41) is 16.8. The number of carbonyl (C=O) groups is 2. The Balaban J connectivity index is 2.46. The van der Waals surface area contributed by atoms with Crippen LogP contribution in [0.5, 0.6) is 0 Å². The van der Waals surface area contributed by atoms with E-state index in [1.807, 2.05) is 0 Å². The lowest BCUT2D eigenvalue weighted by Gasteiger charge is -2.30. The summed E-state index contributed by atoms with van der Waals surface area (Å²) in [6.45, 7) is 1.67. The fraction of sp³-hybridized carbons (Fsp3) is 0.267. The van der Waals surface area contributed by atoms with Gasteiger partial charge < -0.3 is 10.4 Å². The molecule has 0 bridgehead atoms. The first-order chi connectivity index (χ1) is 10.8. The Hall–Kier alpha value is -2.05. The van der Waals surface area contributed by atoms with Crippen LogP contribution in [0.2, 0.25) is 10.0 Å². The number of carbonyl (C=O) groups excluding carboxylic acids is 1. The van der Waals surface area contributed by atoms with Gasteiger partial charge in [-0.2, -0.15) is 5.10 Å². The number of nitrogens with zero attached hydrogens (tertiary/aromatic N) is 2. The van der Waals surface area contributed by atoms with Gasteiger partial charge in [0.1, 0.15) is 5.69 Å². The van der Waals surface area contributed by atoms with Crippen molar-refractivity contribution in [3.63, 3.8) is 0 Å². The van der Waals surface area contributed by atoms with Crippen molar-refractivity contribution in [1.82, 2.24) is 15.1 Å². The van der Waals surface area contributed by atoms with Gasteiger partial charge in [-0.15, -0.1) is 0 Å². The van der Waals surface area contributed by atoms with Crippen LogP contribution in [0.4, 0.5) is 0 Å². The molecule has 23 heavy (non-hydrogen) atoms. The van der Waals surface area contributed by atoms with E-state index < -0.39 is 17.4 Å². The molecule has 6 nitrogen and oxygen atoms in total. The van der Waals surface area contributed by atoms with Gasteiger partial charge in [-0.1, -0.05) is 42.3 Å². The van der Waals surface area contributed by atoms with Crippen molar-refractivity contribution >= 4 is 35.1 Å². The number of halogens is 2. The molecule has 8 heteroatoms. The highest BCUT2D eigenvalue weighted by atomic mass is 35.5. The van der Waals surface area contributed by atoms with Gasteiger partial charge >= 0.3 is 5.97 Å². The van der Waals surface area contributed by atoms with Gasteiger partial charge in [0.2, 0.25) is 0 Å². The molecule has 0 aliphatic rings. The maximum absolute atomic E-state index is 12.5. The van der Waals surface area contributed by atoms with Crippen molar-refractivity contribution in [2.24, 2.45) is 7.05 Å². The number of benzene rings is 1. The molecule has 0 radical (unpaired) electrons. The second kappa shape index (κ2) is 6.60. The van der Waals surface area contributed by atoms with Crippen LogP contribution in [-0.2, 0) is 17.4 Å². The predicted octanol–water partition coefficient (Wildman–Crippen LogP) is 2.85. The molecule has 2 rings (SSSR count). The normalized spacial score (nSPS) is 13.4. The Morgan fingerprint density at radius 1 is 1.30 bits per heavy atom. The highest BCUT2D eigenvalue weighted by Gasteiger charge is 2.41. The molecule has 0 aliphatic carbocycles. The van der Waals surface area contributed by atoms with E-state index in [9.17, 15) is 14.7 Å². The van der Waals surface area contributed by atoms with Gasteiger partial charge in [-0.3, -0.25) is 9.48 Å². The molecule has 1 unspecified atom stereocenters. The maximum Gasteiger partial charge on any atom is 0.334 e. The highest BCUT2D eigenvalue weighted by molar-refractivity contribution is 6.33. The lowest BCUT2D eigenvalue weighted by atomic mass is 9.87. The van der Waals surface area contributed by atoms with Crippen molar-refractivity contribution in [3.05, 3.63) is 51.8 Å². The fourth-order valence-electron chi connectivity index (χ4n) is 2.35. The summed E-state index contributed by atoms with van der Waals surface area (Å²) >= 11 is 11.8. The van der Waals surface area contributed by atoms with E-state index in [2.05, 4.69) is 10.4 Å². The van der Waals surface area contributed by atoms with Gasteiger partial charge in [-0.05, 0) is 24.1 Å². The van der Waals surface area contributed by atoms with Crippen LogP contribution in [0.1, 0.15) is 29.4 Å². The van der Waals surface area contributed by atoms with Crippen LogP contribution in [-0.4, -0.2) is 26.8 Å². The largest absolute Gasteiger partial charge is 0.479 e. The first-order valence-electron chi connectivity index (χ1n) is 6.81. The van der Waals surface area contributed by atoms with E-state index in [1.54, 1.807) is 38.2 Å². The molecule has 2 aromatic rings. The Morgan fingerprint density at radius 2 is 1.91 bits per heavy atom. The summed E-state index contributed by atoms with van der Waals surface area (Å²) in [6.07, 6.45) is 1.47.